The molecule has 4 aliphatic rings. The molecule has 142 valence electrons. The third kappa shape index (κ3) is 2.44. The lowest BCUT2D eigenvalue weighted by Crippen LogP contribution is -2.68. The van der Waals surface area contributed by atoms with Crippen molar-refractivity contribution in [3.63, 3.8) is 0 Å². The van der Waals surface area contributed by atoms with Crippen molar-refractivity contribution in [2.24, 2.45) is 15.9 Å². The lowest BCUT2D eigenvalue weighted by molar-refractivity contribution is -0.223. The van der Waals surface area contributed by atoms with Gasteiger partial charge in [0.1, 0.15) is 24.0 Å². The Labute approximate surface area is 159 Å². The maximum absolute atomic E-state index is 13.6. The second-order valence-electron chi connectivity index (χ2n) is 8.09. The van der Waals surface area contributed by atoms with Crippen molar-refractivity contribution < 1.29 is 13.6 Å². The Balaban J connectivity index is 1.29. The fourth-order valence-corrected chi connectivity index (χ4v) is 5.06. The molecule has 6 rings (SSSR count). The highest BCUT2D eigenvalue weighted by atomic mass is 19.1. The van der Waals surface area contributed by atoms with Gasteiger partial charge in [0.05, 0.1) is 11.5 Å². The summed E-state index contributed by atoms with van der Waals surface area (Å²) in [6.07, 6.45) is 5.74. The van der Waals surface area contributed by atoms with Gasteiger partial charge >= 0.3 is 0 Å². The van der Waals surface area contributed by atoms with Crippen LogP contribution in [0.3, 0.4) is 0 Å². The van der Waals surface area contributed by atoms with E-state index in [0.717, 1.165) is 25.3 Å². The standard InChI is InChI=1S/C19H16F2N6O/c20-13-3-12(4-14(21)5-13)15-1-2-24-27(15)17(28)19-7-18(8-19,9-19)10-26-11-23-16(6-22)25-26/h2-5,11,15H,1,7-10H2. The van der Waals surface area contributed by atoms with Crippen LogP contribution >= 0.6 is 0 Å². The number of hydrazone groups is 1. The first-order valence-electron chi connectivity index (χ1n) is 9.04. The van der Waals surface area contributed by atoms with Crippen LogP contribution in [0.5, 0.6) is 0 Å². The Bertz CT molecular complexity index is 1010. The summed E-state index contributed by atoms with van der Waals surface area (Å²) in [5, 5.41) is 18.5. The summed E-state index contributed by atoms with van der Waals surface area (Å²) in [6, 6.07) is 4.75. The Morgan fingerprint density at radius 2 is 1.96 bits per heavy atom. The van der Waals surface area contributed by atoms with E-state index < -0.39 is 23.1 Å². The molecule has 0 spiro atoms. The number of amides is 1. The zero-order valence-corrected chi connectivity index (χ0v) is 14.8. The van der Waals surface area contributed by atoms with Crippen LogP contribution in [0.2, 0.25) is 0 Å². The average Bonchev–Trinajstić information content (AvgIpc) is 3.24. The minimum absolute atomic E-state index is 0.0000157. The molecule has 0 radical (unpaired) electrons. The minimum atomic E-state index is -0.664. The lowest BCUT2D eigenvalue weighted by Gasteiger charge is -2.69. The molecule has 1 atom stereocenters. The van der Waals surface area contributed by atoms with Crippen molar-refractivity contribution >= 4 is 12.1 Å². The monoisotopic (exact) mass is 382 g/mol. The van der Waals surface area contributed by atoms with E-state index in [1.165, 1.54) is 23.5 Å². The van der Waals surface area contributed by atoms with E-state index in [2.05, 4.69) is 15.2 Å². The van der Waals surface area contributed by atoms with Crippen LogP contribution in [0, 0.1) is 33.8 Å². The summed E-state index contributed by atoms with van der Waals surface area (Å²) >= 11 is 0. The molecule has 3 saturated carbocycles. The Hall–Kier alpha value is -3.15. The maximum atomic E-state index is 13.6. The largest absolute Gasteiger partial charge is 0.272 e. The maximum Gasteiger partial charge on any atom is 0.252 e. The van der Waals surface area contributed by atoms with Gasteiger partial charge in [-0.1, -0.05) is 0 Å². The van der Waals surface area contributed by atoms with Crippen molar-refractivity contribution in [1.82, 2.24) is 19.8 Å². The molecular formula is C19H16F2N6O. The van der Waals surface area contributed by atoms with Gasteiger partial charge in [0.2, 0.25) is 5.91 Å². The number of carbonyl (C=O) groups is 1. The minimum Gasteiger partial charge on any atom is -0.272 e. The highest BCUT2D eigenvalue weighted by Crippen LogP contribution is 2.74. The third-order valence-corrected chi connectivity index (χ3v) is 6.04. The summed E-state index contributed by atoms with van der Waals surface area (Å²) in [7, 11) is 0. The van der Waals surface area contributed by atoms with Gasteiger partial charge in [0.25, 0.3) is 5.82 Å². The number of aromatic nitrogens is 3. The highest BCUT2D eigenvalue weighted by Gasteiger charge is 2.72. The van der Waals surface area contributed by atoms with E-state index in [9.17, 15) is 13.6 Å². The van der Waals surface area contributed by atoms with Crippen LogP contribution < -0.4 is 0 Å². The SMILES string of the molecule is N#Cc1ncn(CC23CC(C(=O)N4N=CCC4c4cc(F)cc(F)c4)(C2)C3)n1. The first-order chi connectivity index (χ1) is 13.4. The quantitative estimate of drug-likeness (QED) is 0.813. The highest BCUT2D eigenvalue weighted by molar-refractivity contribution is 5.88. The summed E-state index contributed by atoms with van der Waals surface area (Å²) in [4.78, 5) is 17.0. The van der Waals surface area contributed by atoms with Crippen LogP contribution in [0.15, 0.2) is 29.6 Å². The van der Waals surface area contributed by atoms with E-state index >= 15 is 0 Å². The number of hydrogen-bond acceptors (Lipinski definition) is 5. The molecule has 1 aromatic heterocycles. The van der Waals surface area contributed by atoms with Crippen molar-refractivity contribution in [2.45, 2.75) is 38.3 Å². The normalized spacial score (nSPS) is 29.9. The van der Waals surface area contributed by atoms with Crippen molar-refractivity contribution in [3.8, 4) is 6.07 Å². The number of rotatable bonds is 4. The molecule has 1 amide bonds. The predicted molar refractivity (Wildman–Crippen MR) is 92.5 cm³/mol. The van der Waals surface area contributed by atoms with E-state index in [1.54, 1.807) is 10.9 Å². The molecule has 1 aliphatic heterocycles. The number of hydrogen-bond donors (Lipinski definition) is 0. The molecule has 0 saturated heterocycles. The fourth-order valence-electron chi connectivity index (χ4n) is 5.06. The van der Waals surface area contributed by atoms with E-state index in [4.69, 9.17) is 5.26 Å². The molecule has 1 unspecified atom stereocenters. The van der Waals surface area contributed by atoms with Gasteiger partial charge in [-0.05, 0) is 42.4 Å². The Morgan fingerprint density at radius 1 is 1.25 bits per heavy atom. The Kier molecular flexibility index (Phi) is 3.44. The van der Waals surface area contributed by atoms with Crippen LogP contribution in [0.1, 0.15) is 43.1 Å². The first-order valence-corrected chi connectivity index (χ1v) is 9.04. The predicted octanol–water partition coefficient (Wildman–Crippen LogP) is 2.56. The summed E-state index contributed by atoms with van der Waals surface area (Å²) in [6.45, 7) is 0.624. The molecule has 3 fully saturated rings. The molecule has 2 heterocycles. The van der Waals surface area contributed by atoms with Crippen LogP contribution in [-0.4, -0.2) is 31.9 Å². The van der Waals surface area contributed by atoms with E-state index in [0.29, 0.717) is 18.5 Å². The van der Waals surface area contributed by atoms with Gasteiger partial charge in [-0.2, -0.15) is 10.4 Å². The second kappa shape index (κ2) is 5.67. The Morgan fingerprint density at radius 3 is 2.61 bits per heavy atom. The van der Waals surface area contributed by atoms with Gasteiger partial charge in [-0.15, -0.1) is 5.10 Å². The molecule has 28 heavy (non-hydrogen) atoms. The molecule has 3 aliphatic carbocycles. The zero-order valence-electron chi connectivity index (χ0n) is 14.8. The summed E-state index contributed by atoms with van der Waals surface area (Å²) < 4.78 is 28.8. The van der Waals surface area contributed by atoms with Crippen LogP contribution in [-0.2, 0) is 11.3 Å². The summed E-state index contributed by atoms with van der Waals surface area (Å²) in [5.41, 5.74) is -0.0407. The molecular weight excluding hydrogens is 366 g/mol. The molecule has 7 nitrogen and oxygen atoms in total. The zero-order chi connectivity index (χ0) is 19.5. The number of nitriles is 1. The summed E-state index contributed by atoms with van der Waals surface area (Å²) in [5.74, 6) is -1.28. The topological polar surface area (TPSA) is 87.2 Å². The molecule has 9 heteroatoms. The van der Waals surface area contributed by atoms with Crippen molar-refractivity contribution in [2.75, 3.05) is 0 Å². The number of carbonyl (C=O) groups excluding carboxylic acids is 1. The van der Waals surface area contributed by atoms with Crippen molar-refractivity contribution in [1.29, 1.82) is 5.26 Å². The van der Waals surface area contributed by atoms with Crippen molar-refractivity contribution in [3.05, 3.63) is 47.5 Å². The number of nitrogens with zero attached hydrogens (tertiary/aromatic N) is 6. The van der Waals surface area contributed by atoms with Gasteiger partial charge in [0.15, 0.2) is 0 Å². The van der Waals surface area contributed by atoms with Crippen LogP contribution in [0.4, 0.5) is 8.78 Å². The third-order valence-electron chi connectivity index (χ3n) is 6.04. The number of halogens is 2. The first kappa shape index (κ1) is 17.0. The molecule has 2 bridgehead atoms. The van der Waals surface area contributed by atoms with E-state index in [1.807, 2.05) is 6.07 Å². The molecule has 2 aromatic rings. The van der Waals surface area contributed by atoms with Gasteiger partial charge in [-0.3, -0.25) is 9.48 Å². The number of benzene rings is 1. The fraction of sp³-hybridized carbons (Fsp3) is 0.421. The second-order valence-corrected chi connectivity index (χ2v) is 8.09. The van der Waals surface area contributed by atoms with E-state index in [-0.39, 0.29) is 17.1 Å². The van der Waals surface area contributed by atoms with Gasteiger partial charge in [-0.25, -0.2) is 18.8 Å². The van der Waals surface area contributed by atoms with Gasteiger partial charge < -0.3 is 0 Å². The molecule has 0 N–H and O–H groups in total. The smallest absolute Gasteiger partial charge is 0.252 e. The van der Waals surface area contributed by atoms with Crippen LogP contribution in [0.25, 0.3) is 0 Å². The average molecular weight is 382 g/mol. The van der Waals surface area contributed by atoms with Gasteiger partial charge in [0, 0.05) is 25.2 Å². The lowest BCUT2D eigenvalue weighted by atomic mass is 9.34. The molecule has 1 aromatic carbocycles.